The minimum Gasteiger partial charge on any atom is -0.487 e. The molecule has 2 aromatic rings. The molecule has 1 fully saturated rings. The van der Waals surface area contributed by atoms with Gasteiger partial charge in [-0.3, -0.25) is 19.1 Å². The first-order chi connectivity index (χ1) is 25.8. The van der Waals surface area contributed by atoms with E-state index in [4.69, 9.17) is 14.2 Å². The zero-order valence-electron chi connectivity index (χ0n) is 33.7. The van der Waals surface area contributed by atoms with Crippen LogP contribution in [0.15, 0.2) is 47.7 Å². The Morgan fingerprint density at radius 3 is 2.45 bits per heavy atom. The second-order valence-electron chi connectivity index (χ2n) is 16.1. The summed E-state index contributed by atoms with van der Waals surface area (Å²) in [6.07, 6.45) is 5.21. The Labute approximate surface area is 325 Å². The minimum absolute atomic E-state index is 0.0263. The molecule has 5 atom stereocenters. The van der Waals surface area contributed by atoms with E-state index < -0.39 is 59.1 Å². The fourth-order valence-corrected chi connectivity index (χ4v) is 6.28. The highest BCUT2D eigenvalue weighted by molar-refractivity contribution is 6.55. The van der Waals surface area contributed by atoms with E-state index >= 15 is 0 Å². The van der Waals surface area contributed by atoms with Crippen LogP contribution in [0, 0.1) is 11.3 Å². The fourth-order valence-electron chi connectivity index (χ4n) is 6.28. The third-order valence-corrected chi connectivity index (χ3v) is 9.98. The number of carbonyl (C=O) groups excluding carboxylic acids is 2. The van der Waals surface area contributed by atoms with Gasteiger partial charge in [0.05, 0.1) is 28.9 Å². The summed E-state index contributed by atoms with van der Waals surface area (Å²) in [5.74, 6) is -3.73. The summed E-state index contributed by atoms with van der Waals surface area (Å²) in [5.41, 5.74) is 3.31. The Hall–Kier alpha value is -4.05. The van der Waals surface area contributed by atoms with Gasteiger partial charge in [0.2, 0.25) is 13.7 Å². The van der Waals surface area contributed by atoms with Crippen LogP contribution in [0.5, 0.6) is 5.75 Å². The highest BCUT2D eigenvalue weighted by atomic mass is 16.5. The number of carboxylic acid groups (broad SMARTS) is 1. The number of aliphatic carboxylic acids is 1. The van der Waals surface area contributed by atoms with Gasteiger partial charge in [-0.1, -0.05) is 48.4 Å². The average Bonchev–Trinajstić information content (AvgIpc) is 3.55. The van der Waals surface area contributed by atoms with Gasteiger partial charge in [0.15, 0.2) is 0 Å². The lowest BCUT2D eigenvalue weighted by atomic mass is 9.80. The summed E-state index contributed by atoms with van der Waals surface area (Å²) >= 11 is 0. The van der Waals surface area contributed by atoms with Crippen molar-refractivity contribution in [1.29, 1.82) is 0 Å². The number of aryl methyl sites for hydroxylation is 1. The van der Waals surface area contributed by atoms with Crippen LogP contribution in [0.25, 0.3) is 0 Å². The zero-order valence-corrected chi connectivity index (χ0v) is 33.7. The van der Waals surface area contributed by atoms with Gasteiger partial charge in [0.25, 0.3) is 5.91 Å². The SMILES string of the molecule is BC(=O)OCc1ccc(O[C@@H]2C[C@H](C(=O)O)[C@@H](O)[C@H](O)[C@H]2O)c(C(=O)NCC(C)(C)CCOC(C)(C)Cc2cn(CCC/C(C)=C/CC/C(C)=C/C)nn2)c1. The van der Waals surface area contributed by atoms with E-state index in [9.17, 15) is 34.8 Å². The molecule has 0 radical (unpaired) electrons. The Balaban J connectivity index is 1.55. The van der Waals surface area contributed by atoms with Gasteiger partial charge in [-0.05, 0) is 89.8 Å². The number of rotatable bonds is 21. The summed E-state index contributed by atoms with van der Waals surface area (Å²) in [7, 11) is 1.27. The average molecular weight is 769 g/mol. The number of aliphatic hydroxyl groups excluding tert-OH is 3. The second-order valence-corrected chi connectivity index (χ2v) is 16.1. The molecule has 1 aromatic carbocycles. The Morgan fingerprint density at radius 2 is 1.78 bits per heavy atom. The van der Waals surface area contributed by atoms with Gasteiger partial charge in [-0.2, -0.15) is 0 Å². The van der Waals surface area contributed by atoms with Crippen LogP contribution < -0.4 is 10.1 Å². The molecular formula is C40H61BN4O10. The molecule has 1 aliphatic rings. The number of nitrogens with zero attached hydrogens (tertiary/aromatic N) is 3. The predicted molar refractivity (Wildman–Crippen MR) is 209 cm³/mol. The standard InChI is InChI=1S/C40H61BN4O10/c1-8-25(2)11-9-12-26(3)13-10-17-45-22-28(43-44-45)21-40(6,7)54-18-16-39(4,5)24-42-36(49)29-19-27(23-53-38(41)52)14-15-31(29)55-32-20-30(37(50)51)33(46)35(48)34(32)47/h8,12,14-15,19,22,30,32-35,46-48H,9-11,13,16-18,20-21,23-24,41H2,1-7H3,(H,42,49)(H,50,51)/b25-8+,26-12+/t30-,32+,33+,34-,35-/m0/s1. The third kappa shape index (κ3) is 14.8. The number of amides is 1. The largest absolute Gasteiger partial charge is 0.487 e. The van der Waals surface area contributed by atoms with Gasteiger partial charge in [0.1, 0.15) is 30.7 Å². The van der Waals surface area contributed by atoms with Crippen molar-refractivity contribution in [2.75, 3.05) is 13.2 Å². The van der Waals surface area contributed by atoms with Crippen LogP contribution in [-0.2, 0) is 33.8 Å². The zero-order chi connectivity index (χ0) is 40.9. The first kappa shape index (κ1) is 45.3. The van der Waals surface area contributed by atoms with Crippen molar-refractivity contribution < 1.29 is 49.0 Å². The van der Waals surface area contributed by atoms with Crippen molar-refractivity contribution in [3.8, 4) is 5.75 Å². The van der Waals surface area contributed by atoms with E-state index in [1.165, 1.54) is 31.1 Å². The molecule has 1 saturated carbocycles. The van der Waals surface area contributed by atoms with Gasteiger partial charge in [-0.25, -0.2) is 0 Å². The number of carbonyl (C=O) groups is 3. The molecule has 0 spiro atoms. The number of aliphatic hydroxyl groups is 3. The first-order valence-corrected chi connectivity index (χ1v) is 19.1. The highest BCUT2D eigenvalue weighted by Gasteiger charge is 2.47. The van der Waals surface area contributed by atoms with E-state index in [1.807, 2.05) is 38.6 Å². The number of ether oxygens (including phenoxy) is 3. The van der Waals surface area contributed by atoms with Crippen LogP contribution >= 0.6 is 0 Å². The molecule has 0 aliphatic heterocycles. The molecule has 15 heteroatoms. The molecule has 304 valence electrons. The van der Waals surface area contributed by atoms with Crippen molar-refractivity contribution in [1.82, 2.24) is 20.3 Å². The molecule has 1 aliphatic carbocycles. The van der Waals surface area contributed by atoms with Gasteiger partial charge in [0, 0.05) is 38.7 Å². The molecule has 1 aromatic heterocycles. The summed E-state index contributed by atoms with van der Waals surface area (Å²) in [6.45, 7) is 15.8. The Kier molecular flexibility index (Phi) is 17.1. The maximum atomic E-state index is 13.6. The maximum Gasteiger partial charge on any atom is 0.309 e. The fraction of sp³-hybridized carbons (Fsp3) is 0.625. The van der Waals surface area contributed by atoms with Crippen molar-refractivity contribution in [3.63, 3.8) is 0 Å². The summed E-state index contributed by atoms with van der Waals surface area (Å²) < 4.78 is 19.2. The molecule has 0 bridgehead atoms. The molecule has 0 saturated heterocycles. The topological polar surface area (TPSA) is 203 Å². The maximum absolute atomic E-state index is 13.6. The number of hydrogen-bond donors (Lipinski definition) is 5. The van der Waals surface area contributed by atoms with Crippen LogP contribution in [-0.4, -0.2) is 104 Å². The monoisotopic (exact) mass is 768 g/mol. The highest BCUT2D eigenvalue weighted by Crippen LogP contribution is 2.32. The van der Waals surface area contributed by atoms with Crippen LogP contribution in [0.4, 0.5) is 4.79 Å². The lowest BCUT2D eigenvalue weighted by Crippen LogP contribution is -2.57. The number of allylic oxidation sites excluding steroid dienone is 4. The molecule has 14 nitrogen and oxygen atoms in total. The quantitative estimate of drug-likeness (QED) is 0.0899. The minimum atomic E-state index is -1.77. The molecular weight excluding hydrogens is 707 g/mol. The molecule has 0 unspecified atom stereocenters. The lowest BCUT2D eigenvalue weighted by Gasteiger charge is -2.38. The van der Waals surface area contributed by atoms with Crippen molar-refractivity contribution >= 4 is 25.6 Å². The van der Waals surface area contributed by atoms with Crippen molar-refractivity contribution in [2.45, 2.75) is 137 Å². The molecule has 55 heavy (non-hydrogen) atoms. The van der Waals surface area contributed by atoms with Gasteiger partial charge >= 0.3 is 5.97 Å². The van der Waals surface area contributed by atoms with E-state index in [0.29, 0.717) is 25.0 Å². The summed E-state index contributed by atoms with van der Waals surface area (Å²) in [6, 6.07) is 4.52. The normalized spacial score (nSPS) is 20.9. The molecule has 1 amide bonds. The van der Waals surface area contributed by atoms with Gasteiger partial charge in [-0.15, -0.1) is 5.10 Å². The van der Waals surface area contributed by atoms with E-state index in [0.717, 1.165) is 37.9 Å². The van der Waals surface area contributed by atoms with E-state index in [2.05, 4.69) is 48.6 Å². The number of hydrogen-bond acceptors (Lipinski definition) is 11. The second kappa shape index (κ2) is 20.8. The Bertz CT molecular complexity index is 1660. The number of nitrogens with one attached hydrogen (secondary N) is 1. The van der Waals surface area contributed by atoms with Crippen LogP contribution in [0.2, 0.25) is 0 Å². The smallest absolute Gasteiger partial charge is 0.309 e. The summed E-state index contributed by atoms with van der Waals surface area (Å²) in [5, 5.41) is 52.3. The summed E-state index contributed by atoms with van der Waals surface area (Å²) in [4.78, 5) is 36.8. The van der Waals surface area contributed by atoms with E-state index in [1.54, 1.807) is 6.07 Å². The molecule has 3 rings (SSSR count). The molecule has 5 N–H and O–H groups in total. The number of aromatic nitrogens is 3. The van der Waals surface area contributed by atoms with Gasteiger partial charge < -0.3 is 40.0 Å². The molecule has 1 heterocycles. The van der Waals surface area contributed by atoms with Crippen LogP contribution in [0.3, 0.4) is 0 Å². The Morgan fingerprint density at radius 1 is 1.05 bits per heavy atom. The number of carboxylic acids is 1. The van der Waals surface area contributed by atoms with Crippen molar-refractivity contribution in [2.24, 2.45) is 11.3 Å². The van der Waals surface area contributed by atoms with E-state index in [-0.39, 0.29) is 30.9 Å². The third-order valence-electron chi connectivity index (χ3n) is 9.98. The number of benzene rings is 1. The van der Waals surface area contributed by atoms with Crippen molar-refractivity contribution in [3.05, 3.63) is 64.5 Å². The predicted octanol–water partition coefficient (Wildman–Crippen LogP) is 4.14. The first-order valence-electron chi connectivity index (χ1n) is 19.1. The lowest BCUT2D eigenvalue weighted by molar-refractivity contribution is -0.174. The van der Waals surface area contributed by atoms with Crippen LogP contribution in [0.1, 0.15) is 109 Å².